The van der Waals surface area contributed by atoms with Crippen LogP contribution >= 0.6 is 0 Å². The summed E-state index contributed by atoms with van der Waals surface area (Å²) < 4.78 is 5.54. The summed E-state index contributed by atoms with van der Waals surface area (Å²) in [6, 6.07) is 7.04. The van der Waals surface area contributed by atoms with E-state index in [1.165, 1.54) is 43.2 Å². The maximum Gasteiger partial charge on any atom is 0.122 e. The molecule has 3 heteroatoms. The lowest BCUT2D eigenvalue weighted by Crippen LogP contribution is -2.35. The van der Waals surface area contributed by atoms with Crippen LogP contribution in [0.1, 0.15) is 56.6 Å². The third kappa shape index (κ3) is 4.50. The first-order valence-corrected chi connectivity index (χ1v) is 8.04. The zero-order valence-electron chi connectivity index (χ0n) is 12.7. The molecule has 3 nitrogen and oxygen atoms in total. The Balaban J connectivity index is 1.75. The number of benzene rings is 1. The van der Waals surface area contributed by atoms with Crippen LogP contribution in [0.5, 0.6) is 5.75 Å². The number of fused-ring (bicyclic) bond motifs is 1. The Morgan fingerprint density at radius 1 is 1.25 bits per heavy atom. The molecule has 20 heavy (non-hydrogen) atoms. The molecule has 0 aliphatic carbocycles. The average Bonchev–Trinajstić information content (AvgIpc) is 2.94. The van der Waals surface area contributed by atoms with E-state index in [2.05, 4.69) is 30.5 Å². The highest BCUT2D eigenvalue weighted by molar-refractivity contribution is 5.39. The van der Waals surface area contributed by atoms with Crippen LogP contribution in [-0.2, 0) is 12.8 Å². The van der Waals surface area contributed by atoms with Crippen molar-refractivity contribution < 1.29 is 4.74 Å². The highest BCUT2D eigenvalue weighted by Gasteiger charge is 2.13. The largest absolute Gasteiger partial charge is 0.493 e. The fourth-order valence-corrected chi connectivity index (χ4v) is 2.86. The molecule has 0 amide bonds. The number of nitrogens with one attached hydrogen (secondary N) is 1. The predicted octanol–water partition coefficient (Wildman–Crippen LogP) is 3.36. The Labute approximate surface area is 122 Å². The molecule has 1 aromatic rings. The Morgan fingerprint density at radius 2 is 2.15 bits per heavy atom. The standard InChI is InChI=1S/C17H28N2O/c1-2-3-4-5-6-16(19-18)9-7-14-8-10-17-15(13-14)11-12-20-17/h8,10,13,16,19H,2-7,9,11-12,18H2,1H3. The zero-order chi connectivity index (χ0) is 14.2. The fourth-order valence-electron chi connectivity index (χ4n) is 2.86. The molecule has 0 bridgehead atoms. The number of unbranched alkanes of at least 4 members (excludes halogenated alkanes) is 3. The Bertz CT molecular complexity index is 406. The average molecular weight is 276 g/mol. The van der Waals surface area contributed by atoms with Crippen LogP contribution in [-0.4, -0.2) is 12.6 Å². The van der Waals surface area contributed by atoms with Crippen molar-refractivity contribution in [2.45, 2.75) is 64.3 Å². The number of hydrogen-bond acceptors (Lipinski definition) is 3. The van der Waals surface area contributed by atoms with E-state index in [0.717, 1.165) is 31.6 Å². The van der Waals surface area contributed by atoms with Crippen LogP contribution in [0.4, 0.5) is 0 Å². The fraction of sp³-hybridized carbons (Fsp3) is 0.647. The van der Waals surface area contributed by atoms with Gasteiger partial charge in [0.15, 0.2) is 0 Å². The number of aryl methyl sites for hydroxylation is 1. The minimum atomic E-state index is 0.441. The summed E-state index contributed by atoms with van der Waals surface area (Å²) in [4.78, 5) is 0. The number of ether oxygens (including phenoxy) is 1. The molecule has 0 fully saturated rings. The third-order valence-corrected chi connectivity index (χ3v) is 4.18. The summed E-state index contributed by atoms with van der Waals surface area (Å²) in [7, 11) is 0. The number of rotatable bonds is 9. The van der Waals surface area contributed by atoms with E-state index in [9.17, 15) is 0 Å². The van der Waals surface area contributed by atoms with E-state index in [1.807, 2.05) is 0 Å². The summed E-state index contributed by atoms with van der Waals surface area (Å²) in [5, 5.41) is 0. The molecule has 1 atom stereocenters. The number of hydrogen-bond donors (Lipinski definition) is 2. The maximum absolute atomic E-state index is 5.67. The van der Waals surface area contributed by atoms with E-state index < -0.39 is 0 Å². The topological polar surface area (TPSA) is 47.3 Å². The lowest BCUT2D eigenvalue weighted by Gasteiger charge is -2.16. The van der Waals surface area contributed by atoms with Gasteiger partial charge in [0.1, 0.15) is 5.75 Å². The van der Waals surface area contributed by atoms with Crippen LogP contribution in [0.3, 0.4) is 0 Å². The van der Waals surface area contributed by atoms with Crippen molar-refractivity contribution in [3.05, 3.63) is 29.3 Å². The molecule has 1 heterocycles. The Hall–Kier alpha value is -1.06. The highest BCUT2D eigenvalue weighted by atomic mass is 16.5. The second-order valence-electron chi connectivity index (χ2n) is 5.79. The molecule has 1 aromatic carbocycles. The first-order valence-electron chi connectivity index (χ1n) is 8.04. The van der Waals surface area contributed by atoms with Gasteiger partial charge in [-0.25, -0.2) is 0 Å². The maximum atomic E-state index is 5.67. The molecule has 2 rings (SSSR count). The summed E-state index contributed by atoms with van der Waals surface area (Å²) in [5.74, 6) is 6.74. The van der Waals surface area contributed by atoms with Gasteiger partial charge < -0.3 is 4.74 Å². The van der Waals surface area contributed by atoms with Crippen LogP contribution < -0.4 is 16.0 Å². The van der Waals surface area contributed by atoms with Gasteiger partial charge >= 0.3 is 0 Å². The number of hydrazine groups is 1. The smallest absolute Gasteiger partial charge is 0.122 e. The molecule has 0 spiro atoms. The predicted molar refractivity (Wildman–Crippen MR) is 83.8 cm³/mol. The number of nitrogens with two attached hydrogens (primary N) is 1. The first-order chi connectivity index (χ1) is 9.83. The molecule has 1 aliphatic heterocycles. The van der Waals surface area contributed by atoms with Crippen molar-refractivity contribution in [2.24, 2.45) is 5.84 Å². The van der Waals surface area contributed by atoms with E-state index >= 15 is 0 Å². The van der Waals surface area contributed by atoms with Gasteiger partial charge in [0.2, 0.25) is 0 Å². The van der Waals surface area contributed by atoms with Crippen LogP contribution in [0.15, 0.2) is 18.2 Å². The van der Waals surface area contributed by atoms with Gasteiger partial charge in [-0.15, -0.1) is 0 Å². The summed E-state index contributed by atoms with van der Waals surface area (Å²) in [6.07, 6.45) is 9.67. The normalized spacial score (nSPS) is 14.9. The quantitative estimate of drug-likeness (QED) is 0.413. The zero-order valence-corrected chi connectivity index (χ0v) is 12.7. The Morgan fingerprint density at radius 3 is 2.95 bits per heavy atom. The van der Waals surface area contributed by atoms with E-state index in [0.29, 0.717) is 6.04 Å². The van der Waals surface area contributed by atoms with Gasteiger partial charge in [-0.05, 0) is 36.5 Å². The first kappa shape index (κ1) is 15.3. The SMILES string of the molecule is CCCCCCC(CCc1ccc2c(c1)CCO2)NN. The highest BCUT2D eigenvalue weighted by Crippen LogP contribution is 2.26. The van der Waals surface area contributed by atoms with Crippen LogP contribution in [0, 0.1) is 0 Å². The molecular weight excluding hydrogens is 248 g/mol. The summed E-state index contributed by atoms with van der Waals surface area (Å²) in [5.41, 5.74) is 5.75. The van der Waals surface area contributed by atoms with Gasteiger partial charge in [-0.3, -0.25) is 11.3 Å². The second-order valence-corrected chi connectivity index (χ2v) is 5.79. The van der Waals surface area contributed by atoms with Gasteiger partial charge in [-0.2, -0.15) is 0 Å². The molecule has 0 saturated carbocycles. The molecule has 1 aliphatic rings. The minimum Gasteiger partial charge on any atom is -0.493 e. The van der Waals surface area contributed by atoms with E-state index in [4.69, 9.17) is 10.6 Å². The molecular formula is C17H28N2O. The van der Waals surface area contributed by atoms with Gasteiger partial charge in [0.25, 0.3) is 0 Å². The van der Waals surface area contributed by atoms with Crippen LogP contribution in [0.25, 0.3) is 0 Å². The monoisotopic (exact) mass is 276 g/mol. The van der Waals surface area contributed by atoms with Crippen molar-refractivity contribution in [3.8, 4) is 5.75 Å². The van der Waals surface area contributed by atoms with Crippen molar-refractivity contribution in [1.29, 1.82) is 0 Å². The van der Waals surface area contributed by atoms with Crippen LogP contribution in [0.2, 0.25) is 0 Å². The molecule has 1 unspecified atom stereocenters. The summed E-state index contributed by atoms with van der Waals surface area (Å²) >= 11 is 0. The molecule has 3 N–H and O–H groups in total. The third-order valence-electron chi connectivity index (χ3n) is 4.18. The van der Waals surface area contributed by atoms with Gasteiger partial charge in [0.05, 0.1) is 6.61 Å². The lowest BCUT2D eigenvalue weighted by atomic mass is 9.99. The molecule has 0 saturated heterocycles. The van der Waals surface area contributed by atoms with Crippen molar-refractivity contribution in [2.75, 3.05) is 6.61 Å². The van der Waals surface area contributed by atoms with Gasteiger partial charge in [-0.1, -0.05) is 44.7 Å². The lowest BCUT2D eigenvalue weighted by molar-refractivity contribution is 0.357. The van der Waals surface area contributed by atoms with Crippen molar-refractivity contribution in [1.82, 2.24) is 5.43 Å². The second kappa shape index (κ2) is 8.28. The molecule has 0 radical (unpaired) electrons. The van der Waals surface area contributed by atoms with E-state index in [-0.39, 0.29) is 0 Å². The molecule has 112 valence electrons. The minimum absolute atomic E-state index is 0.441. The van der Waals surface area contributed by atoms with Crippen molar-refractivity contribution in [3.63, 3.8) is 0 Å². The Kier molecular flexibility index (Phi) is 6.34. The van der Waals surface area contributed by atoms with Gasteiger partial charge in [0, 0.05) is 12.5 Å². The molecule has 0 aromatic heterocycles. The van der Waals surface area contributed by atoms with Crippen molar-refractivity contribution >= 4 is 0 Å². The summed E-state index contributed by atoms with van der Waals surface area (Å²) in [6.45, 7) is 3.08. The van der Waals surface area contributed by atoms with E-state index in [1.54, 1.807) is 0 Å².